The number of fused-ring (bicyclic) bond motifs is 3. The van der Waals surface area contributed by atoms with Gasteiger partial charge in [0.05, 0.1) is 10.6 Å². The van der Waals surface area contributed by atoms with E-state index in [1.807, 2.05) is 56.3 Å². The maximum Gasteiger partial charge on any atom is 0.262 e. The van der Waals surface area contributed by atoms with Gasteiger partial charge in [-0.05, 0) is 86.5 Å². The van der Waals surface area contributed by atoms with E-state index in [1.165, 1.54) is 24.3 Å². The zero-order valence-electron chi connectivity index (χ0n) is 21.5. The van der Waals surface area contributed by atoms with Crippen LogP contribution in [0.4, 0.5) is 11.4 Å². The molecule has 0 unspecified atom stereocenters. The maximum atomic E-state index is 12.8. The average Bonchev–Trinajstić information content (AvgIpc) is 3.22. The highest BCUT2D eigenvalue weighted by Gasteiger charge is 2.16. The van der Waals surface area contributed by atoms with Crippen molar-refractivity contribution in [2.24, 2.45) is 0 Å². The minimum atomic E-state index is -3.76. The summed E-state index contributed by atoms with van der Waals surface area (Å²) >= 11 is 0. The van der Waals surface area contributed by atoms with Crippen molar-refractivity contribution in [1.82, 2.24) is 4.57 Å². The molecule has 1 heterocycles. The maximum absolute atomic E-state index is 12.8. The van der Waals surface area contributed by atoms with Crippen molar-refractivity contribution in [2.75, 3.05) is 16.6 Å². The predicted octanol–water partition coefficient (Wildman–Crippen LogP) is 6.25. The molecule has 0 aliphatic rings. The van der Waals surface area contributed by atoms with Crippen molar-refractivity contribution in [3.63, 3.8) is 0 Å². The molecule has 8 heteroatoms. The summed E-state index contributed by atoms with van der Waals surface area (Å²) in [6.07, 6.45) is 0. The van der Waals surface area contributed by atoms with Gasteiger partial charge in [-0.3, -0.25) is 9.52 Å². The van der Waals surface area contributed by atoms with E-state index in [0.29, 0.717) is 17.1 Å². The monoisotopic (exact) mass is 527 g/mol. The molecule has 5 rings (SSSR count). The lowest BCUT2D eigenvalue weighted by Gasteiger charge is -2.12. The van der Waals surface area contributed by atoms with Gasteiger partial charge in [-0.15, -0.1) is 0 Å². The van der Waals surface area contributed by atoms with Crippen LogP contribution in [0.25, 0.3) is 21.8 Å². The van der Waals surface area contributed by atoms with Gasteiger partial charge in [0.25, 0.3) is 15.9 Å². The summed E-state index contributed by atoms with van der Waals surface area (Å²) in [6.45, 7) is 6.51. The first-order valence-corrected chi connectivity index (χ1v) is 13.9. The normalized spacial score (nSPS) is 11.6. The summed E-state index contributed by atoms with van der Waals surface area (Å²) in [6, 6.07) is 25.7. The Morgan fingerprint density at radius 2 is 1.61 bits per heavy atom. The molecule has 5 aromatic rings. The Morgan fingerprint density at radius 3 is 2.37 bits per heavy atom. The molecule has 1 amide bonds. The minimum absolute atomic E-state index is 0.106. The first-order chi connectivity index (χ1) is 18.2. The lowest BCUT2D eigenvalue weighted by molar-refractivity contribution is -0.118. The fourth-order valence-corrected chi connectivity index (χ4v) is 5.70. The Kier molecular flexibility index (Phi) is 6.82. The molecule has 0 atom stereocenters. The third kappa shape index (κ3) is 5.08. The van der Waals surface area contributed by atoms with Crippen molar-refractivity contribution in [1.29, 1.82) is 0 Å². The summed E-state index contributed by atoms with van der Waals surface area (Å²) in [5.74, 6) is 0.0872. The lowest BCUT2D eigenvalue weighted by atomic mass is 10.1. The largest absolute Gasteiger partial charge is 0.484 e. The summed E-state index contributed by atoms with van der Waals surface area (Å²) in [5.41, 5.74) is 5.29. The first kappa shape index (κ1) is 25.4. The molecule has 0 saturated heterocycles. The molecule has 1 aromatic heterocycles. The van der Waals surface area contributed by atoms with Crippen LogP contribution >= 0.6 is 0 Å². The number of anilines is 2. The van der Waals surface area contributed by atoms with Crippen molar-refractivity contribution < 1.29 is 17.9 Å². The van der Waals surface area contributed by atoms with Crippen LogP contribution in [0.5, 0.6) is 5.75 Å². The van der Waals surface area contributed by atoms with E-state index in [-0.39, 0.29) is 17.4 Å². The number of ether oxygens (including phenoxy) is 1. The number of carbonyl (C=O) groups is 1. The number of sulfonamides is 1. The van der Waals surface area contributed by atoms with E-state index in [9.17, 15) is 13.2 Å². The average molecular weight is 528 g/mol. The van der Waals surface area contributed by atoms with E-state index >= 15 is 0 Å². The zero-order chi connectivity index (χ0) is 26.9. The smallest absolute Gasteiger partial charge is 0.262 e. The van der Waals surface area contributed by atoms with E-state index < -0.39 is 10.0 Å². The number of aryl methyl sites for hydroxylation is 3. The van der Waals surface area contributed by atoms with Crippen molar-refractivity contribution in [3.05, 3.63) is 96.1 Å². The van der Waals surface area contributed by atoms with Gasteiger partial charge in [-0.1, -0.05) is 30.3 Å². The molecule has 0 spiro atoms. The second-order valence-corrected chi connectivity index (χ2v) is 10.9. The molecule has 38 heavy (non-hydrogen) atoms. The Morgan fingerprint density at radius 1 is 0.868 bits per heavy atom. The van der Waals surface area contributed by atoms with Crippen LogP contribution in [0.1, 0.15) is 18.1 Å². The molecule has 7 nitrogen and oxygen atoms in total. The van der Waals surface area contributed by atoms with Crippen LogP contribution in [0, 0.1) is 13.8 Å². The minimum Gasteiger partial charge on any atom is -0.484 e. The number of aromatic nitrogens is 1. The zero-order valence-corrected chi connectivity index (χ0v) is 22.3. The summed E-state index contributed by atoms with van der Waals surface area (Å²) in [7, 11) is -3.76. The van der Waals surface area contributed by atoms with Crippen LogP contribution in [0.2, 0.25) is 0 Å². The van der Waals surface area contributed by atoms with Gasteiger partial charge >= 0.3 is 0 Å². The number of benzene rings is 4. The number of hydrogen-bond donors (Lipinski definition) is 2. The topological polar surface area (TPSA) is 89.4 Å². The summed E-state index contributed by atoms with van der Waals surface area (Å²) in [5, 5.41) is 5.10. The number of nitrogens with zero attached hydrogens (tertiary/aromatic N) is 1. The quantitative estimate of drug-likeness (QED) is 0.250. The number of para-hydroxylation sites is 1. The van der Waals surface area contributed by atoms with Gasteiger partial charge in [0.2, 0.25) is 0 Å². The fraction of sp³-hybridized carbons (Fsp3) is 0.167. The third-order valence-electron chi connectivity index (χ3n) is 6.51. The van der Waals surface area contributed by atoms with Crippen LogP contribution in [0.3, 0.4) is 0 Å². The van der Waals surface area contributed by atoms with Crippen molar-refractivity contribution in [3.8, 4) is 5.75 Å². The van der Waals surface area contributed by atoms with Gasteiger partial charge in [-0.2, -0.15) is 0 Å². The second-order valence-electron chi connectivity index (χ2n) is 9.23. The lowest BCUT2D eigenvalue weighted by Crippen LogP contribution is -2.20. The van der Waals surface area contributed by atoms with E-state index in [2.05, 4.69) is 33.7 Å². The number of carbonyl (C=O) groups excluding carboxylic acids is 1. The van der Waals surface area contributed by atoms with Crippen molar-refractivity contribution >= 4 is 49.1 Å². The Labute approximate surface area is 222 Å². The molecular formula is C30H29N3O4S. The molecule has 0 fully saturated rings. The molecule has 2 N–H and O–H groups in total. The van der Waals surface area contributed by atoms with Gasteiger partial charge in [0.15, 0.2) is 6.61 Å². The standard InChI is InChI=1S/C30H29N3O4S/c1-4-33-28-8-6-5-7-25(28)26-18-22(11-16-29(26)33)31-30(34)19-37-23-12-14-24(15-13-23)38(35,36)32-27-17-20(2)9-10-21(27)3/h5-18,32H,4,19H2,1-3H3,(H,31,34). The molecule has 194 valence electrons. The molecule has 4 aromatic carbocycles. The molecule has 0 saturated carbocycles. The first-order valence-electron chi connectivity index (χ1n) is 12.4. The fourth-order valence-electron chi connectivity index (χ4n) is 4.58. The van der Waals surface area contributed by atoms with Gasteiger partial charge in [-0.25, -0.2) is 8.42 Å². The number of hydrogen-bond acceptors (Lipinski definition) is 4. The van der Waals surface area contributed by atoms with Gasteiger partial charge < -0.3 is 14.6 Å². The van der Waals surface area contributed by atoms with Crippen LogP contribution < -0.4 is 14.8 Å². The molecule has 0 bridgehead atoms. The highest BCUT2D eigenvalue weighted by molar-refractivity contribution is 7.92. The molecular weight excluding hydrogens is 498 g/mol. The van der Waals surface area contributed by atoms with E-state index in [0.717, 1.165) is 39.5 Å². The number of rotatable bonds is 8. The van der Waals surface area contributed by atoms with Crippen LogP contribution in [-0.2, 0) is 21.4 Å². The van der Waals surface area contributed by atoms with Gasteiger partial charge in [0.1, 0.15) is 5.75 Å². The summed E-state index contributed by atoms with van der Waals surface area (Å²) < 4.78 is 36.1. The second kappa shape index (κ2) is 10.2. The molecule has 0 radical (unpaired) electrons. The van der Waals surface area contributed by atoms with E-state index in [1.54, 1.807) is 6.07 Å². The van der Waals surface area contributed by atoms with Crippen LogP contribution in [-0.4, -0.2) is 25.5 Å². The molecule has 0 aliphatic carbocycles. The Balaban J connectivity index is 1.24. The van der Waals surface area contributed by atoms with Gasteiger partial charge in [0, 0.05) is 34.0 Å². The van der Waals surface area contributed by atoms with Crippen molar-refractivity contribution in [2.45, 2.75) is 32.2 Å². The Bertz CT molecular complexity index is 1760. The number of nitrogens with one attached hydrogen (secondary N) is 2. The Hall–Kier alpha value is -4.30. The molecule has 0 aliphatic heterocycles. The predicted molar refractivity (Wildman–Crippen MR) is 152 cm³/mol. The van der Waals surface area contributed by atoms with Crippen LogP contribution in [0.15, 0.2) is 89.8 Å². The summed E-state index contributed by atoms with van der Waals surface area (Å²) in [4.78, 5) is 12.7. The highest BCUT2D eigenvalue weighted by Crippen LogP contribution is 2.31. The van der Waals surface area contributed by atoms with E-state index in [4.69, 9.17) is 4.74 Å². The third-order valence-corrected chi connectivity index (χ3v) is 7.90. The highest BCUT2D eigenvalue weighted by atomic mass is 32.2. The number of amides is 1. The SMILES string of the molecule is CCn1c2ccccc2c2cc(NC(=O)COc3ccc(S(=O)(=O)Nc4cc(C)ccc4C)cc3)ccc21.